The van der Waals surface area contributed by atoms with Gasteiger partial charge >= 0.3 is 12.1 Å². The van der Waals surface area contributed by atoms with Crippen molar-refractivity contribution in [3.8, 4) is 0 Å². The molecule has 24 heavy (non-hydrogen) atoms. The molecule has 0 saturated carbocycles. The standard InChI is InChI=1S/C16H12F3N3O2/c1-22-9-11(8-21-22)14(16(17,18)19)24-15(23)13-12-5-3-2-4-10(12)6-7-20-13/h2-9,14H,1H3/t14-/m1/s1. The summed E-state index contributed by atoms with van der Waals surface area (Å²) < 4.78 is 45.7. The molecule has 8 heteroatoms. The summed E-state index contributed by atoms with van der Waals surface area (Å²) in [5.41, 5.74) is -0.412. The lowest BCUT2D eigenvalue weighted by Crippen LogP contribution is -2.26. The molecule has 0 radical (unpaired) electrons. The van der Waals surface area contributed by atoms with Gasteiger partial charge in [0.1, 0.15) is 0 Å². The number of aromatic nitrogens is 3. The van der Waals surface area contributed by atoms with Gasteiger partial charge in [-0.3, -0.25) is 4.68 Å². The first-order valence-corrected chi connectivity index (χ1v) is 6.96. The van der Waals surface area contributed by atoms with Crippen LogP contribution >= 0.6 is 0 Å². The number of esters is 1. The first-order valence-electron chi connectivity index (χ1n) is 6.96. The SMILES string of the molecule is Cn1cc([C@@H](OC(=O)c2nccc3ccccc23)C(F)(F)F)cn1. The number of fused-ring (bicyclic) bond motifs is 1. The van der Waals surface area contributed by atoms with E-state index in [1.807, 2.05) is 0 Å². The number of carbonyl (C=O) groups excluding carboxylic acids is 1. The fraction of sp³-hybridized carbons (Fsp3) is 0.188. The topological polar surface area (TPSA) is 57.0 Å². The maximum Gasteiger partial charge on any atom is 0.429 e. The van der Waals surface area contributed by atoms with Gasteiger partial charge in [0.2, 0.25) is 6.10 Å². The van der Waals surface area contributed by atoms with Gasteiger partial charge in [-0.1, -0.05) is 24.3 Å². The highest BCUT2D eigenvalue weighted by Crippen LogP contribution is 2.36. The van der Waals surface area contributed by atoms with E-state index in [1.54, 1.807) is 30.3 Å². The van der Waals surface area contributed by atoms with E-state index in [9.17, 15) is 18.0 Å². The Morgan fingerprint density at radius 1 is 1.25 bits per heavy atom. The smallest absolute Gasteiger partial charge is 0.429 e. The molecule has 2 heterocycles. The van der Waals surface area contributed by atoms with Crippen LogP contribution in [0.3, 0.4) is 0 Å². The summed E-state index contributed by atoms with van der Waals surface area (Å²) in [5, 5.41) is 4.80. The lowest BCUT2D eigenvalue weighted by atomic mass is 10.1. The van der Waals surface area contributed by atoms with Crippen molar-refractivity contribution < 1.29 is 22.7 Å². The van der Waals surface area contributed by atoms with E-state index in [-0.39, 0.29) is 11.3 Å². The zero-order valence-electron chi connectivity index (χ0n) is 12.5. The van der Waals surface area contributed by atoms with E-state index in [4.69, 9.17) is 4.74 Å². The predicted octanol–water partition coefficient (Wildman–Crippen LogP) is 3.43. The number of hydrogen-bond donors (Lipinski definition) is 0. The van der Waals surface area contributed by atoms with Crippen LogP contribution < -0.4 is 0 Å². The lowest BCUT2D eigenvalue weighted by molar-refractivity contribution is -0.207. The van der Waals surface area contributed by atoms with Crippen LogP contribution in [0.2, 0.25) is 0 Å². The Morgan fingerprint density at radius 2 is 2.00 bits per heavy atom. The second-order valence-electron chi connectivity index (χ2n) is 5.15. The highest BCUT2D eigenvalue weighted by Gasteiger charge is 2.45. The number of rotatable bonds is 3. The molecule has 0 aliphatic heterocycles. The fourth-order valence-corrected chi connectivity index (χ4v) is 2.34. The Kier molecular flexibility index (Phi) is 3.96. The highest BCUT2D eigenvalue weighted by atomic mass is 19.4. The third kappa shape index (κ3) is 3.08. The van der Waals surface area contributed by atoms with Crippen molar-refractivity contribution in [3.05, 3.63) is 60.2 Å². The van der Waals surface area contributed by atoms with Crippen molar-refractivity contribution in [1.82, 2.24) is 14.8 Å². The molecule has 2 aromatic heterocycles. The van der Waals surface area contributed by atoms with E-state index in [0.29, 0.717) is 10.8 Å². The van der Waals surface area contributed by atoms with Crippen LogP contribution in [0.15, 0.2) is 48.9 Å². The number of carbonyl (C=O) groups is 1. The van der Waals surface area contributed by atoms with Crippen molar-refractivity contribution in [2.24, 2.45) is 7.05 Å². The number of aryl methyl sites for hydroxylation is 1. The Bertz CT molecular complexity index is 884. The van der Waals surface area contributed by atoms with Crippen LogP contribution in [-0.4, -0.2) is 26.9 Å². The zero-order chi connectivity index (χ0) is 17.3. The maximum atomic E-state index is 13.3. The summed E-state index contributed by atoms with van der Waals surface area (Å²) in [4.78, 5) is 16.2. The van der Waals surface area contributed by atoms with E-state index in [0.717, 1.165) is 12.4 Å². The minimum atomic E-state index is -4.76. The number of ether oxygens (including phenoxy) is 1. The molecule has 5 nitrogen and oxygen atoms in total. The van der Waals surface area contributed by atoms with Crippen LogP contribution in [0.4, 0.5) is 13.2 Å². The molecule has 3 aromatic rings. The largest absolute Gasteiger partial charge is 0.443 e. The number of nitrogens with zero attached hydrogens (tertiary/aromatic N) is 3. The highest BCUT2D eigenvalue weighted by molar-refractivity contribution is 6.02. The van der Waals surface area contributed by atoms with Gasteiger partial charge in [0.15, 0.2) is 5.69 Å². The van der Waals surface area contributed by atoms with Crippen LogP contribution in [0.5, 0.6) is 0 Å². The molecule has 0 spiro atoms. The van der Waals surface area contributed by atoms with Gasteiger partial charge in [0.05, 0.1) is 6.20 Å². The number of pyridine rings is 1. The first-order chi connectivity index (χ1) is 11.4. The van der Waals surface area contributed by atoms with Crippen molar-refractivity contribution >= 4 is 16.7 Å². The molecule has 0 aliphatic carbocycles. The van der Waals surface area contributed by atoms with Crippen molar-refractivity contribution in [1.29, 1.82) is 0 Å². The monoisotopic (exact) mass is 335 g/mol. The summed E-state index contributed by atoms with van der Waals surface area (Å²) >= 11 is 0. The summed E-state index contributed by atoms with van der Waals surface area (Å²) in [6, 6.07) is 8.42. The second-order valence-corrected chi connectivity index (χ2v) is 5.15. The fourth-order valence-electron chi connectivity index (χ4n) is 2.34. The average molecular weight is 335 g/mol. The van der Waals surface area contributed by atoms with Crippen molar-refractivity contribution in [2.45, 2.75) is 12.3 Å². The zero-order valence-corrected chi connectivity index (χ0v) is 12.5. The quantitative estimate of drug-likeness (QED) is 0.688. The van der Waals surface area contributed by atoms with Crippen LogP contribution in [-0.2, 0) is 11.8 Å². The molecular formula is C16H12F3N3O2. The molecule has 0 bridgehead atoms. The maximum absolute atomic E-state index is 13.3. The Balaban J connectivity index is 1.96. The summed E-state index contributed by atoms with van der Waals surface area (Å²) in [7, 11) is 1.48. The van der Waals surface area contributed by atoms with Crippen LogP contribution in [0.25, 0.3) is 10.8 Å². The third-order valence-corrected chi connectivity index (χ3v) is 3.42. The molecule has 3 rings (SSSR count). The minimum Gasteiger partial charge on any atom is -0.443 e. The van der Waals surface area contributed by atoms with Gasteiger partial charge < -0.3 is 4.74 Å². The molecule has 0 unspecified atom stereocenters. The number of benzene rings is 1. The third-order valence-electron chi connectivity index (χ3n) is 3.42. The molecule has 0 aliphatic rings. The molecular weight excluding hydrogens is 323 g/mol. The van der Waals surface area contributed by atoms with Gasteiger partial charge in [-0.15, -0.1) is 0 Å². The first kappa shape index (κ1) is 16.0. The molecule has 1 atom stereocenters. The minimum absolute atomic E-state index is 0.161. The van der Waals surface area contributed by atoms with Gasteiger partial charge in [0, 0.05) is 30.4 Å². The van der Waals surface area contributed by atoms with E-state index >= 15 is 0 Å². The van der Waals surface area contributed by atoms with Crippen molar-refractivity contribution in [3.63, 3.8) is 0 Å². The van der Waals surface area contributed by atoms with Crippen LogP contribution in [0.1, 0.15) is 22.2 Å². The van der Waals surface area contributed by atoms with Gasteiger partial charge in [0.25, 0.3) is 0 Å². The average Bonchev–Trinajstić information content (AvgIpc) is 2.96. The number of halogens is 3. The molecule has 0 N–H and O–H groups in total. The number of hydrogen-bond acceptors (Lipinski definition) is 4. The lowest BCUT2D eigenvalue weighted by Gasteiger charge is -2.19. The number of alkyl halides is 3. The van der Waals surface area contributed by atoms with E-state index < -0.39 is 18.2 Å². The predicted molar refractivity (Wildman–Crippen MR) is 79.2 cm³/mol. The summed E-state index contributed by atoms with van der Waals surface area (Å²) in [6.45, 7) is 0. The Morgan fingerprint density at radius 3 is 2.67 bits per heavy atom. The van der Waals surface area contributed by atoms with Gasteiger partial charge in [-0.2, -0.15) is 18.3 Å². The second kappa shape index (κ2) is 5.95. The van der Waals surface area contributed by atoms with Crippen molar-refractivity contribution in [2.75, 3.05) is 0 Å². The Hall–Kier alpha value is -2.90. The normalized spacial score (nSPS) is 13.0. The Labute approximate surface area is 134 Å². The van der Waals surface area contributed by atoms with E-state index in [1.165, 1.54) is 17.9 Å². The molecule has 1 aromatic carbocycles. The summed E-state index contributed by atoms with van der Waals surface area (Å²) in [5.74, 6) is -1.14. The molecule has 0 saturated heterocycles. The van der Waals surface area contributed by atoms with Gasteiger partial charge in [-0.05, 0) is 11.5 Å². The van der Waals surface area contributed by atoms with Gasteiger partial charge in [-0.25, -0.2) is 9.78 Å². The molecule has 124 valence electrons. The van der Waals surface area contributed by atoms with Crippen LogP contribution in [0, 0.1) is 0 Å². The molecule has 0 fully saturated rings. The molecule has 0 amide bonds. The van der Waals surface area contributed by atoms with E-state index in [2.05, 4.69) is 10.1 Å². The summed E-state index contributed by atoms with van der Waals surface area (Å²) in [6.07, 6.45) is -3.64.